The number of carbonyl (C=O) groups excluding carboxylic acids is 1. The molecule has 0 aliphatic heterocycles. The van der Waals surface area contributed by atoms with Crippen LogP contribution in [0.15, 0.2) is 30.3 Å². The molecule has 0 aliphatic rings. The van der Waals surface area contributed by atoms with Crippen LogP contribution in [0.1, 0.15) is 25.0 Å². The summed E-state index contributed by atoms with van der Waals surface area (Å²) in [5, 5.41) is 1.17. The molecule has 2 aromatic rings. The highest BCUT2D eigenvalue weighted by Gasteiger charge is 2.10. The third kappa shape index (κ3) is 1.43. The van der Waals surface area contributed by atoms with Gasteiger partial charge in [-0.05, 0) is 23.9 Å². The summed E-state index contributed by atoms with van der Waals surface area (Å²) < 4.78 is 0. The number of hydrogen-bond donors (Lipinski definition) is 1. The molecule has 0 bridgehead atoms. The second-order valence-electron chi connectivity index (χ2n) is 3.46. The van der Waals surface area contributed by atoms with Crippen LogP contribution in [0.25, 0.3) is 10.9 Å². The SMILES string of the molecule is CCC(C=O)c1cc2ccccc2[nH]1. The molecule has 1 unspecified atom stereocenters. The Morgan fingerprint density at radius 2 is 2.21 bits per heavy atom. The maximum atomic E-state index is 10.8. The molecule has 14 heavy (non-hydrogen) atoms. The Morgan fingerprint density at radius 3 is 2.86 bits per heavy atom. The maximum Gasteiger partial charge on any atom is 0.128 e. The fraction of sp³-hybridized carbons (Fsp3) is 0.250. The van der Waals surface area contributed by atoms with Crippen molar-refractivity contribution in [2.75, 3.05) is 0 Å². The van der Waals surface area contributed by atoms with Crippen LogP contribution >= 0.6 is 0 Å². The van der Waals surface area contributed by atoms with Crippen molar-refractivity contribution in [3.8, 4) is 0 Å². The van der Waals surface area contributed by atoms with Crippen LogP contribution in [-0.2, 0) is 4.79 Å². The largest absolute Gasteiger partial charge is 0.358 e. The predicted molar refractivity (Wildman–Crippen MR) is 57.4 cm³/mol. The highest BCUT2D eigenvalue weighted by Crippen LogP contribution is 2.21. The molecule has 2 heteroatoms. The van der Waals surface area contributed by atoms with Crippen molar-refractivity contribution in [2.24, 2.45) is 0 Å². The van der Waals surface area contributed by atoms with Crippen LogP contribution in [0.3, 0.4) is 0 Å². The number of aromatic amines is 1. The van der Waals surface area contributed by atoms with Gasteiger partial charge in [0, 0.05) is 11.2 Å². The minimum absolute atomic E-state index is 0.00222. The summed E-state index contributed by atoms with van der Waals surface area (Å²) >= 11 is 0. The number of aldehydes is 1. The molecular weight excluding hydrogens is 174 g/mol. The molecule has 2 nitrogen and oxygen atoms in total. The van der Waals surface area contributed by atoms with Crippen molar-refractivity contribution >= 4 is 17.2 Å². The molecule has 0 saturated carbocycles. The number of rotatable bonds is 3. The van der Waals surface area contributed by atoms with E-state index in [1.165, 1.54) is 5.39 Å². The molecular formula is C12H13NO. The summed E-state index contributed by atoms with van der Waals surface area (Å²) in [6, 6.07) is 10.1. The Labute approximate surface area is 82.9 Å². The second-order valence-corrected chi connectivity index (χ2v) is 3.46. The van der Waals surface area contributed by atoms with Gasteiger partial charge >= 0.3 is 0 Å². The lowest BCUT2D eigenvalue weighted by atomic mass is 10.0. The van der Waals surface area contributed by atoms with Crippen LogP contribution in [0, 0.1) is 0 Å². The molecule has 0 saturated heterocycles. The van der Waals surface area contributed by atoms with E-state index in [4.69, 9.17) is 0 Å². The number of fused-ring (bicyclic) bond motifs is 1. The Morgan fingerprint density at radius 1 is 1.43 bits per heavy atom. The van der Waals surface area contributed by atoms with E-state index >= 15 is 0 Å². The minimum Gasteiger partial charge on any atom is -0.358 e. The van der Waals surface area contributed by atoms with E-state index in [2.05, 4.69) is 11.1 Å². The fourth-order valence-corrected chi connectivity index (χ4v) is 1.69. The van der Waals surface area contributed by atoms with E-state index < -0.39 is 0 Å². The van der Waals surface area contributed by atoms with Crippen LogP contribution < -0.4 is 0 Å². The van der Waals surface area contributed by atoms with Gasteiger partial charge < -0.3 is 9.78 Å². The van der Waals surface area contributed by atoms with Crippen molar-refractivity contribution in [2.45, 2.75) is 19.3 Å². The van der Waals surface area contributed by atoms with Crippen molar-refractivity contribution in [3.05, 3.63) is 36.0 Å². The van der Waals surface area contributed by atoms with E-state index in [1.54, 1.807) is 0 Å². The first-order valence-corrected chi connectivity index (χ1v) is 4.88. The molecule has 1 N–H and O–H groups in total. The average molecular weight is 187 g/mol. The summed E-state index contributed by atoms with van der Waals surface area (Å²) in [5.41, 5.74) is 2.12. The van der Waals surface area contributed by atoms with Gasteiger partial charge in [0.05, 0.1) is 5.92 Å². The van der Waals surface area contributed by atoms with Gasteiger partial charge in [-0.25, -0.2) is 0 Å². The van der Waals surface area contributed by atoms with E-state index in [9.17, 15) is 4.79 Å². The van der Waals surface area contributed by atoms with E-state index in [-0.39, 0.29) is 5.92 Å². The zero-order chi connectivity index (χ0) is 9.97. The fourth-order valence-electron chi connectivity index (χ4n) is 1.69. The predicted octanol–water partition coefficient (Wildman–Crippen LogP) is 2.86. The maximum absolute atomic E-state index is 10.8. The molecule has 1 aromatic heterocycles. The third-order valence-electron chi connectivity index (χ3n) is 2.55. The lowest BCUT2D eigenvalue weighted by Crippen LogP contribution is -1.97. The van der Waals surface area contributed by atoms with Gasteiger partial charge in [-0.3, -0.25) is 0 Å². The molecule has 0 spiro atoms. The number of para-hydroxylation sites is 1. The minimum atomic E-state index is 0.00222. The highest BCUT2D eigenvalue weighted by molar-refractivity contribution is 5.81. The zero-order valence-electron chi connectivity index (χ0n) is 8.16. The highest BCUT2D eigenvalue weighted by atomic mass is 16.1. The average Bonchev–Trinajstić information content (AvgIpc) is 2.63. The topological polar surface area (TPSA) is 32.9 Å². The first-order valence-electron chi connectivity index (χ1n) is 4.88. The Bertz CT molecular complexity index is 411. The number of benzene rings is 1. The quantitative estimate of drug-likeness (QED) is 0.736. The van der Waals surface area contributed by atoms with E-state index in [1.807, 2.05) is 31.2 Å². The summed E-state index contributed by atoms with van der Waals surface area (Å²) in [4.78, 5) is 14.1. The molecule has 0 aliphatic carbocycles. The zero-order valence-corrected chi connectivity index (χ0v) is 8.16. The summed E-state index contributed by atoms with van der Waals surface area (Å²) in [6.07, 6.45) is 1.85. The van der Waals surface area contributed by atoms with Crippen LogP contribution in [0.5, 0.6) is 0 Å². The third-order valence-corrected chi connectivity index (χ3v) is 2.55. The van der Waals surface area contributed by atoms with Gasteiger partial charge in [-0.15, -0.1) is 0 Å². The molecule has 0 radical (unpaired) electrons. The van der Waals surface area contributed by atoms with Crippen LogP contribution in [-0.4, -0.2) is 11.3 Å². The monoisotopic (exact) mass is 187 g/mol. The Hall–Kier alpha value is -1.57. The van der Waals surface area contributed by atoms with E-state index in [0.29, 0.717) is 0 Å². The number of carbonyl (C=O) groups is 1. The van der Waals surface area contributed by atoms with Crippen molar-refractivity contribution < 1.29 is 4.79 Å². The normalized spacial score (nSPS) is 12.9. The molecule has 0 amide bonds. The number of H-pyrrole nitrogens is 1. The van der Waals surface area contributed by atoms with Crippen LogP contribution in [0.2, 0.25) is 0 Å². The van der Waals surface area contributed by atoms with Crippen molar-refractivity contribution in [1.29, 1.82) is 0 Å². The smallest absolute Gasteiger partial charge is 0.128 e. The molecule has 2 rings (SSSR count). The van der Waals surface area contributed by atoms with E-state index in [0.717, 1.165) is 23.9 Å². The molecule has 1 atom stereocenters. The molecule has 1 aromatic carbocycles. The standard InChI is InChI=1S/C12H13NO/c1-2-9(8-14)12-7-10-5-3-4-6-11(10)13-12/h3-9,13H,2H2,1H3. The number of aromatic nitrogens is 1. The molecule has 1 heterocycles. The van der Waals surface area contributed by atoms with Crippen LogP contribution in [0.4, 0.5) is 0 Å². The summed E-state index contributed by atoms with van der Waals surface area (Å²) in [6.45, 7) is 2.02. The Kier molecular flexibility index (Phi) is 2.35. The lowest BCUT2D eigenvalue weighted by Gasteiger charge is -2.02. The first kappa shape index (κ1) is 9.00. The van der Waals surface area contributed by atoms with Gasteiger partial charge in [0.1, 0.15) is 6.29 Å². The first-order chi connectivity index (χ1) is 6.85. The summed E-state index contributed by atoms with van der Waals surface area (Å²) in [5.74, 6) is 0.00222. The van der Waals surface area contributed by atoms with Gasteiger partial charge in [-0.2, -0.15) is 0 Å². The number of hydrogen-bond acceptors (Lipinski definition) is 1. The number of nitrogens with one attached hydrogen (secondary N) is 1. The van der Waals surface area contributed by atoms with Crippen molar-refractivity contribution in [3.63, 3.8) is 0 Å². The van der Waals surface area contributed by atoms with Crippen molar-refractivity contribution in [1.82, 2.24) is 4.98 Å². The second kappa shape index (κ2) is 3.66. The molecule has 0 fully saturated rings. The lowest BCUT2D eigenvalue weighted by molar-refractivity contribution is -0.109. The van der Waals surface area contributed by atoms with Gasteiger partial charge in [-0.1, -0.05) is 25.1 Å². The van der Waals surface area contributed by atoms with Gasteiger partial charge in [0.15, 0.2) is 0 Å². The van der Waals surface area contributed by atoms with Gasteiger partial charge in [0.2, 0.25) is 0 Å². The Balaban J connectivity index is 2.48. The van der Waals surface area contributed by atoms with Gasteiger partial charge in [0.25, 0.3) is 0 Å². The summed E-state index contributed by atoms with van der Waals surface area (Å²) in [7, 11) is 0. The molecule has 72 valence electrons.